The number of carbonyl (C=O) groups is 1. The molecule has 5 heteroatoms. The monoisotopic (exact) mass is 389 g/mol. The van der Waals surface area contributed by atoms with E-state index in [1.807, 2.05) is 37.3 Å². The summed E-state index contributed by atoms with van der Waals surface area (Å²) in [5.74, 6) is -0.320. The van der Waals surface area contributed by atoms with Gasteiger partial charge >= 0.3 is 5.97 Å². The highest BCUT2D eigenvalue weighted by Crippen LogP contribution is 2.45. The smallest absolute Gasteiger partial charge is 0.311 e. The highest BCUT2D eigenvalue weighted by atomic mass is 16.7. The summed E-state index contributed by atoms with van der Waals surface area (Å²) in [6.45, 7) is 6.76. The lowest BCUT2D eigenvalue weighted by Gasteiger charge is -2.49. The topological polar surface area (TPSA) is 59.0 Å². The highest BCUT2D eigenvalue weighted by Gasteiger charge is 2.51. The molecule has 0 aromatic heterocycles. The lowest BCUT2D eigenvalue weighted by molar-refractivity contribution is -0.258. The maximum Gasteiger partial charge on any atom is 0.311 e. The Hall–Kier alpha value is -1.43. The summed E-state index contributed by atoms with van der Waals surface area (Å²) in [7, 11) is 0. The molecule has 5 atom stereocenters. The minimum atomic E-state index is -0.308. The molecule has 2 saturated heterocycles. The van der Waals surface area contributed by atoms with Gasteiger partial charge in [-0.3, -0.25) is 9.63 Å². The molecule has 0 spiro atoms. The van der Waals surface area contributed by atoms with Gasteiger partial charge in [-0.2, -0.15) is 5.06 Å². The Morgan fingerprint density at radius 2 is 2.14 bits per heavy atom. The summed E-state index contributed by atoms with van der Waals surface area (Å²) in [4.78, 5) is 19.0. The molecule has 28 heavy (non-hydrogen) atoms. The number of piperidine rings is 1. The van der Waals surface area contributed by atoms with E-state index in [-0.39, 0.29) is 36.1 Å². The number of aliphatic hydroxyl groups excluding tert-OH is 1. The molecule has 3 rings (SSSR count). The molecular weight excluding hydrogens is 354 g/mol. The van der Waals surface area contributed by atoms with Crippen LogP contribution >= 0.6 is 0 Å². The van der Waals surface area contributed by atoms with Crippen molar-refractivity contribution in [3.8, 4) is 0 Å². The number of carbonyl (C=O) groups excluding carboxylic acids is 1. The zero-order valence-electron chi connectivity index (χ0n) is 17.5. The van der Waals surface area contributed by atoms with Gasteiger partial charge in [0.25, 0.3) is 0 Å². The quantitative estimate of drug-likeness (QED) is 0.679. The number of hydrogen-bond acceptors (Lipinski definition) is 5. The van der Waals surface area contributed by atoms with Crippen LogP contribution in [0.15, 0.2) is 30.3 Å². The van der Waals surface area contributed by atoms with Crippen LogP contribution in [0.5, 0.6) is 0 Å². The van der Waals surface area contributed by atoms with Gasteiger partial charge in [-0.05, 0) is 51.5 Å². The maximum absolute atomic E-state index is 12.6. The fraction of sp³-hybridized carbons (Fsp3) is 0.696. The molecule has 2 aliphatic heterocycles. The van der Waals surface area contributed by atoms with Crippen LogP contribution < -0.4 is 0 Å². The standard InChI is InChI=1S/C23H35NO4/c1-4-9-19(15-25)23(3)13-8-12-20-14-21(28-24(20)23)17(2)22(26)27-16-18-10-6-5-7-11-18/h5-7,10-11,17,19-21,25H,4,8-9,12-16H2,1-3H3/t17?,19?,20-,21+,23-/m0/s1. The van der Waals surface area contributed by atoms with E-state index in [1.165, 1.54) is 0 Å². The second kappa shape index (κ2) is 9.38. The number of hydrogen-bond donors (Lipinski definition) is 1. The molecule has 0 radical (unpaired) electrons. The lowest BCUT2D eigenvalue weighted by Crippen LogP contribution is -2.56. The van der Waals surface area contributed by atoms with Crippen molar-refractivity contribution in [2.24, 2.45) is 11.8 Å². The molecule has 1 aromatic carbocycles. The SMILES string of the molecule is CCCC(CO)[C@]1(C)CCC[C@H]2C[C@H](C(C)C(=O)OCc3ccccc3)ON21. The third-order valence-electron chi connectivity index (χ3n) is 6.70. The average Bonchev–Trinajstić information content (AvgIpc) is 3.16. The van der Waals surface area contributed by atoms with E-state index in [0.29, 0.717) is 12.6 Å². The number of nitrogens with zero attached hydrogens (tertiary/aromatic N) is 1. The van der Waals surface area contributed by atoms with E-state index in [1.54, 1.807) is 0 Å². The van der Waals surface area contributed by atoms with Crippen molar-refractivity contribution in [3.63, 3.8) is 0 Å². The Kier molecular flexibility index (Phi) is 7.13. The number of hydroxylamine groups is 2. The van der Waals surface area contributed by atoms with Crippen molar-refractivity contribution < 1.29 is 19.5 Å². The minimum Gasteiger partial charge on any atom is -0.461 e. The molecule has 1 aromatic rings. The number of ether oxygens (including phenoxy) is 1. The first-order valence-corrected chi connectivity index (χ1v) is 10.8. The first-order valence-electron chi connectivity index (χ1n) is 10.8. The van der Waals surface area contributed by atoms with Gasteiger partial charge < -0.3 is 9.84 Å². The van der Waals surface area contributed by atoms with Crippen molar-refractivity contribution in [2.75, 3.05) is 6.61 Å². The number of fused-ring (bicyclic) bond motifs is 1. The van der Waals surface area contributed by atoms with Crippen LogP contribution in [0.1, 0.15) is 64.9 Å². The molecule has 1 N–H and O–H groups in total. The van der Waals surface area contributed by atoms with Crippen LogP contribution in [0.25, 0.3) is 0 Å². The lowest BCUT2D eigenvalue weighted by atomic mass is 9.75. The first kappa shape index (κ1) is 21.3. The Labute approximate surface area is 169 Å². The van der Waals surface area contributed by atoms with Crippen LogP contribution in [0, 0.1) is 11.8 Å². The largest absolute Gasteiger partial charge is 0.461 e. The zero-order chi connectivity index (χ0) is 20.1. The van der Waals surface area contributed by atoms with Crippen molar-refractivity contribution in [1.29, 1.82) is 0 Å². The first-order chi connectivity index (χ1) is 13.5. The van der Waals surface area contributed by atoms with E-state index in [9.17, 15) is 9.90 Å². The van der Waals surface area contributed by atoms with E-state index in [4.69, 9.17) is 9.57 Å². The van der Waals surface area contributed by atoms with Gasteiger partial charge in [-0.25, -0.2) is 0 Å². The van der Waals surface area contributed by atoms with Gasteiger partial charge in [0.05, 0.1) is 12.0 Å². The molecule has 5 nitrogen and oxygen atoms in total. The molecule has 2 fully saturated rings. The van der Waals surface area contributed by atoms with Crippen LogP contribution in [0.2, 0.25) is 0 Å². The number of rotatable bonds is 8. The van der Waals surface area contributed by atoms with Gasteiger partial charge in [0.2, 0.25) is 0 Å². The fourth-order valence-electron chi connectivity index (χ4n) is 4.86. The molecule has 0 saturated carbocycles. The number of esters is 1. The Morgan fingerprint density at radius 3 is 2.82 bits per heavy atom. The van der Waals surface area contributed by atoms with Crippen molar-refractivity contribution >= 4 is 5.97 Å². The highest BCUT2D eigenvalue weighted by molar-refractivity contribution is 5.72. The fourth-order valence-corrected chi connectivity index (χ4v) is 4.86. The summed E-state index contributed by atoms with van der Waals surface area (Å²) in [5, 5.41) is 12.1. The van der Waals surface area contributed by atoms with Crippen molar-refractivity contribution in [1.82, 2.24) is 5.06 Å². The summed E-state index contributed by atoms with van der Waals surface area (Å²) in [6.07, 6.45) is 5.97. The van der Waals surface area contributed by atoms with Gasteiger partial charge in [-0.1, -0.05) is 43.7 Å². The molecule has 156 valence electrons. The number of aliphatic hydroxyl groups is 1. The van der Waals surface area contributed by atoms with Crippen LogP contribution in [-0.4, -0.2) is 40.4 Å². The molecule has 2 heterocycles. The van der Waals surface area contributed by atoms with Gasteiger partial charge in [0, 0.05) is 24.1 Å². The average molecular weight is 390 g/mol. The summed E-state index contributed by atoms with van der Waals surface area (Å²) < 4.78 is 5.54. The van der Waals surface area contributed by atoms with Crippen molar-refractivity contribution in [3.05, 3.63) is 35.9 Å². The summed E-state index contributed by atoms with van der Waals surface area (Å²) in [5.41, 5.74) is 0.821. The Morgan fingerprint density at radius 1 is 1.39 bits per heavy atom. The third kappa shape index (κ3) is 4.42. The molecule has 2 aliphatic rings. The van der Waals surface area contributed by atoms with Crippen LogP contribution in [0.4, 0.5) is 0 Å². The predicted molar refractivity (Wildman–Crippen MR) is 108 cm³/mol. The molecule has 0 amide bonds. The third-order valence-corrected chi connectivity index (χ3v) is 6.70. The Balaban J connectivity index is 1.62. The number of benzene rings is 1. The van der Waals surface area contributed by atoms with Gasteiger partial charge in [0.15, 0.2) is 0 Å². The van der Waals surface area contributed by atoms with Gasteiger partial charge in [-0.15, -0.1) is 0 Å². The second-order valence-electron chi connectivity index (χ2n) is 8.66. The van der Waals surface area contributed by atoms with Gasteiger partial charge in [0.1, 0.15) is 6.61 Å². The van der Waals surface area contributed by atoms with Crippen LogP contribution in [0.3, 0.4) is 0 Å². The molecule has 0 bridgehead atoms. The molecular formula is C23H35NO4. The summed E-state index contributed by atoms with van der Waals surface area (Å²) in [6, 6.07) is 10.1. The molecule has 0 aliphatic carbocycles. The van der Waals surface area contributed by atoms with E-state index in [2.05, 4.69) is 18.9 Å². The predicted octanol–water partition coefficient (Wildman–Crippen LogP) is 4.09. The zero-order valence-corrected chi connectivity index (χ0v) is 17.5. The van der Waals surface area contributed by atoms with Crippen molar-refractivity contribution in [2.45, 2.75) is 83.6 Å². The second-order valence-corrected chi connectivity index (χ2v) is 8.66. The normalized spacial score (nSPS) is 29.9. The maximum atomic E-state index is 12.6. The Bertz CT molecular complexity index is 637. The summed E-state index contributed by atoms with van der Waals surface area (Å²) >= 11 is 0. The van der Waals surface area contributed by atoms with E-state index < -0.39 is 0 Å². The molecule has 2 unspecified atom stereocenters. The van der Waals surface area contributed by atoms with E-state index >= 15 is 0 Å². The van der Waals surface area contributed by atoms with E-state index in [0.717, 1.165) is 44.1 Å². The minimum absolute atomic E-state index is 0.160. The van der Waals surface area contributed by atoms with Crippen LogP contribution in [-0.2, 0) is 21.0 Å².